The van der Waals surface area contributed by atoms with E-state index in [-0.39, 0.29) is 18.1 Å². The lowest BCUT2D eigenvalue weighted by Crippen LogP contribution is -2.31. The first-order chi connectivity index (χ1) is 9.13. The van der Waals surface area contributed by atoms with Crippen molar-refractivity contribution in [2.45, 2.75) is 20.3 Å². The van der Waals surface area contributed by atoms with Crippen molar-refractivity contribution < 1.29 is 14.3 Å². The van der Waals surface area contributed by atoms with E-state index in [0.29, 0.717) is 18.7 Å². The highest BCUT2D eigenvalue weighted by atomic mass is 19.1. The number of benzene rings is 1. The molecule has 0 fully saturated rings. The lowest BCUT2D eigenvalue weighted by Gasteiger charge is -2.20. The van der Waals surface area contributed by atoms with Gasteiger partial charge in [-0.3, -0.25) is 4.79 Å². The van der Waals surface area contributed by atoms with E-state index in [9.17, 15) is 9.18 Å². The molecular formula is C15H18FNO2. The molecular weight excluding hydrogens is 245 g/mol. The third-order valence-electron chi connectivity index (χ3n) is 2.68. The number of halogens is 1. The molecule has 3 nitrogen and oxygen atoms in total. The second-order valence-electron chi connectivity index (χ2n) is 4.04. The summed E-state index contributed by atoms with van der Waals surface area (Å²) in [6.07, 6.45) is 0.863. The first-order valence-electron chi connectivity index (χ1n) is 6.32. The van der Waals surface area contributed by atoms with Crippen LogP contribution in [0.25, 0.3) is 0 Å². The molecule has 0 aromatic heterocycles. The van der Waals surface area contributed by atoms with Crippen LogP contribution >= 0.6 is 0 Å². The Morgan fingerprint density at radius 3 is 2.68 bits per heavy atom. The number of carbonyl (C=O) groups excluding carboxylic acids is 1. The number of nitrogens with zero attached hydrogens (tertiary/aromatic N) is 1. The monoisotopic (exact) mass is 263 g/mol. The minimum Gasteiger partial charge on any atom is -0.384 e. The van der Waals surface area contributed by atoms with Crippen molar-refractivity contribution >= 4 is 5.91 Å². The third kappa shape index (κ3) is 4.08. The zero-order valence-corrected chi connectivity index (χ0v) is 11.2. The van der Waals surface area contributed by atoms with E-state index in [1.165, 1.54) is 12.1 Å². The second-order valence-corrected chi connectivity index (χ2v) is 4.04. The number of hydrogen-bond donors (Lipinski definition) is 1. The highest BCUT2D eigenvalue weighted by Crippen LogP contribution is 2.12. The summed E-state index contributed by atoms with van der Waals surface area (Å²) >= 11 is 0. The normalized spacial score (nSPS) is 9.68. The van der Waals surface area contributed by atoms with Crippen LogP contribution in [0.1, 0.15) is 36.2 Å². The highest BCUT2D eigenvalue weighted by molar-refractivity contribution is 5.94. The molecule has 1 amide bonds. The predicted molar refractivity (Wildman–Crippen MR) is 72.2 cm³/mol. The Balaban J connectivity index is 2.96. The maximum atomic E-state index is 13.7. The Hall–Kier alpha value is -1.86. The van der Waals surface area contributed by atoms with E-state index in [1.807, 2.05) is 13.8 Å². The van der Waals surface area contributed by atoms with E-state index in [0.717, 1.165) is 6.42 Å². The SMILES string of the molecule is CCCN(CC)C(=O)c1ccc(C#CCO)c(F)c1. The number of carbonyl (C=O) groups is 1. The Labute approximate surface area is 113 Å². The average molecular weight is 263 g/mol. The fourth-order valence-electron chi connectivity index (χ4n) is 1.74. The summed E-state index contributed by atoms with van der Waals surface area (Å²) in [5.41, 5.74) is 0.506. The van der Waals surface area contributed by atoms with Crippen LogP contribution in [-0.4, -0.2) is 35.6 Å². The molecule has 1 rings (SSSR count). The van der Waals surface area contributed by atoms with Crippen LogP contribution in [-0.2, 0) is 0 Å². The van der Waals surface area contributed by atoms with Gasteiger partial charge in [-0.1, -0.05) is 18.8 Å². The highest BCUT2D eigenvalue weighted by Gasteiger charge is 2.14. The van der Waals surface area contributed by atoms with Crippen molar-refractivity contribution in [1.82, 2.24) is 4.90 Å². The average Bonchev–Trinajstić information content (AvgIpc) is 2.42. The lowest BCUT2D eigenvalue weighted by molar-refractivity contribution is 0.0764. The van der Waals surface area contributed by atoms with Gasteiger partial charge >= 0.3 is 0 Å². The Kier molecular flexibility index (Phi) is 6.04. The van der Waals surface area contributed by atoms with Crippen molar-refractivity contribution in [2.75, 3.05) is 19.7 Å². The van der Waals surface area contributed by atoms with E-state index >= 15 is 0 Å². The van der Waals surface area contributed by atoms with Gasteiger partial charge in [0.2, 0.25) is 0 Å². The molecule has 0 radical (unpaired) electrons. The molecule has 0 atom stereocenters. The number of rotatable bonds is 4. The summed E-state index contributed by atoms with van der Waals surface area (Å²) in [5.74, 6) is 4.16. The van der Waals surface area contributed by atoms with Crippen molar-refractivity contribution in [1.29, 1.82) is 0 Å². The van der Waals surface area contributed by atoms with Gasteiger partial charge < -0.3 is 10.0 Å². The van der Waals surface area contributed by atoms with Gasteiger partial charge in [0.05, 0.1) is 5.56 Å². The van der Waals surface area contributed by atoms with E-state index in [1.54, 1.807) is 11.0 Å². The van der Waals surface area contributed by atoms with Gasteiger partial charge in [-0.2, -0.15) is 0 Å². The van der Waals surface area contributed by atoms with Crippen molar-refractivity contribution in [3.05, 3.63) is 35.1 Å². The van der Waals surface area contributed by atoms with E-state index in [4.69, 9.17) is 5.11 Å². The molecule has 19 heavy (non-hydrogen) atoms. The summed E-state index contributed by atoms with van der Waals surface area (Å²) in [7, 11) is 0. The lowest BCUT2D eigenvalue weighted by atomic mass is 10.1. The smallest absolute Gasteiger partial charge is 0.253 e. The maximum Gasteiger partial charge on any atom is 0.253 e. The van der Waals surface area contributed by atoms with Gasteiger partial charge in [0, 0.05) is 18.7 Å². The van der Waals surface area contributed by atoms with E-state index < -0.39 is 5.82 Å². The Morgan fingerprint density at radius 1 is 1.42 bits per heavy atom. The number of hydrogen-bond acceptors (Lipinski definition) is 2. The number of aliphatic hydroxyl groups is 1. The van der Waals surface area contributed by atoms with Crippen LogP contribution in [0.2, 0.25) is 0 Å². The Bertz CT molecular complexity index is 503. The zero-order valence-electron chi connectivity index (χ0n) is 11.2. The molecule has 4 heteroatoms. The van der Waals surface area contributed by atoms with Crippen LogP contribution in [0, 0.1) is 17.7 Å². The molecule has 102 valence electrons. The molecule has 0 aliphatic carbocycles. The number of aliphatic hydroxyl groups excluding tert-OH is 1. The third-order valence-corrected chi connectivity index (χ3v) is 2.68. The molecule has 1 aromatic carbocycles. The van der Waals surface area contributed by atoms with Gasteiger partial charge in [0.25, 0.3) is 5.91 Å². The van der Waals surface area contributed by atoms with Gasteiger partial charge in [0.15, 0.2) is 0 Å². The van der Waals surface area contributed by atoms with Crippen LogP contribution < -0.4 is 0 Å². The molecule has 0 unspecified atom stereocenters. The molecule has 0 heterocycles. The minimum atomic E-state index is -0.542. The molecule has 0 aliphatic rings. The fourth-order valence-corrected chi connectivity index (χ4v) is 1.74. The van der Waals surface area contributed by atoms with Crippen LogP contribution in [0.3, 0.4) is 0 Å². The molecule has 0 aliphatic heterocycles. The molecule has 1 N–H and O–H groups in total. The van der Waals surface area contributed by atoms with Crippen molar-refractivity contribution in [3.63, 3.8) is 0 Å². The topological polar surface area (TPSA) is 40.5 Å². The molecule has 0 saturated carbocycles. The first-order valence-corrected chi connectivity index (χ1v) is 6.32. The van der Waals surface area contributed by atoms with Gasteiger partial charge in [-0.25, -0.2) is 4.39 Å². The summed E-state index contributed by atoms with van der Waals surface area (Å²) in [4.78, 5) is 13.8. The van der Waals surface area contributed by atoms with Crippen molar-refractivity contribution in [2.24, 2.45) is 0 Å². The van der Waals surface area contributed by atoms with Gasteiger partial charge in [-0.05, 0) is 31.5 Å². The van der Waals surface area contributed by atoms with Crippen LogP contribution in [0.4, 0.5) is 4.39 Å². The summed E-state index contributed by atoms with van der Waals surface area (Å²) in [6, 6.07) is 4.22. The number of amides is 1. The standard InChI is InChI=1S/C15H18FNO2/c1-3-9-17(4-2)15(19)13-8-7-12(6-5-10-18)14(16)11-13/h7-8,11,18H,3-4,9-10H2,1-2H3. The molecule has 0 bridgehead atoms. The zero-order chi connectivity index (χ0) is 14.3. The minimum absolute atomic E-state index is 0.176. The van der Waals surface area contributed by atoms with Gasteiger partial charge in [0.1, 0.15) is 12.4 Å². The van der Waals surface area contributed by atoms with Crippen LogP contribution in [0.15, 0.2) is 18.2 Å². The Morgan fingerprint density at radius 2 is 2.16 bits per heavy atom. The van der Waals surface area contributed by atoms with E-state index in [2.05, 4.69) is 11.8 Å². The predicted octanol–water partition coefficient (Wildman–Crippen LogP) is 2.04. The quantitative estimate of drug-likeness (QED) is 0.845. The summed E-state index contributed by atoms with van der Waals surface area (Å²) < 4.78 is 13.7. The largest absolute Gasteiger partial charge is 0.384 e. The molecule has 0 saturated heterocycles. The second kappa shape index (κ2) is 7.55. The molecule has 1 aromatic rings. The van der Waals surface area contributed by atoms with Crippen molar-refractivity contribution in [3.8, 4) is 11.8 Å². The maximum absolute atomic E-state index is 13.7. The first kappa shape index (κ1) is 15.2. The molecule has 0 spiro atoms. The van der Waals surface area contributed by atoms with Crippen LogP contribution in [0.5, 0.6) is 0 Å². The summed E-state index contributed by atoms with van der Waals surface area (Å²) in [5, 5.41) is 8.57. The summed E-state index contributed by atoms with van der Waals surface area (Å²) in [6.45, 7) is 4.82. The fraction of sp³-hybridized carbons (Fsp3) is 0.400. The van der Waals surface area contributed by atoms with Gasteiger partial charge in [-0.15, -0.1) is 0 Å².